The van der Waals surface area contributed by atoms with Gasteiger partial charge in [-0.25, -0.2) is 0 Å². The zero-order valence-corrected chi connectivity index (χ0v) is 14.8. The van der Waals surface area contributed by atoms with Crippen LogP contribution >= 0.6 is 0 Å². The van der Waals surface area contributed by atoms with Gasteiger partial charge in [0.25, 0.3) is 0 Å². The molecule has 3 rings (SSSR count). The number of benzene rings is 3. The Bertz CT molecular complexity index is 740. The van der Waals surface area contributed by atoms with Crippen molar-refractivity contribution >= 4 is 17.1 Å². The first-order valence-electron chi connectivity index (χ1n) is 8.70. The van der Waals surface area contributed by atoms with Crippen LogP contribution < -0.4 is 4.90 Å². The van der Waals surface area contributed by atoms with Crippen LogP contribution in [0.4, 0.5) is 17.1 Å². The van der Waals surface area contributed by atoms with E-state index in [4.69, 9.17) is 0 Å². The fourth-order valence-corrected chi connectivity index (χ4v) is 2.97. The number of hydrogen-bond acceptors (Lipinski definition) is 1. The number of nitrogens with zero attached hydrogens (tertiary/aromatic N) is 1. The van der Waals surface area contributed by atoms with E-state index >= 15 is 0 Å². The highest BCUT2D eigenvalue weighted by Gasteiger charge is 2.12. The standard InChI is InChI=1S/C23H25N/c1-4-6-20-7-5-8-23(17-20)24(21-13-9-18(2)10-14-21)22-15-11-19(3)12-16-22/h5,7-17H,4,6H2,1-3H3. The second-order valence-electron chi connectivity index (χ2n) is 6.43. The molecule has 1 heteroatoms. The summed E-state index contributed by atoms with van der Waals surface area (Å²) < 4.78 is 0. The topological polar surface area (TPSA) is 3.24 Å². The summed E-state index contributed by atoms with van der Waals surface area (Å²) in [5.41, 5.74) is 7.55. The number of rotatable bonds is 5. The van der Waals surface area contributed by atoms with Crippen molar-refractivity contribution in [2.75, 3.05) is 4.90 Å². The van der Waals surface area contributed by atoms with Crippen molar-refractivity contribution in [1.82, 2.24) is 0 Å². The molecule has 0 bridgehead atoms. The Morgan fingerprint density at radius 1 is 0.667 bits per heavy atom. The van der Waals surface area contributed by atoms with Crippen LogP contribution in [0.25, 0.3) is 0 Å². The monoisotopic (exact) mass is 315 g/mol. The molecule has 0 atom stereocenters. The van der Waals surface area contributed by atoms with Crippen molar-refractivity contribution in [3.63, 3.8) is 0 Å². The van der Waals surface area contributed by atoms with Crippen LogP contribution in [0.3, 0.4) is 0 Å². The van der Waals surface area contributed by atoms with Crippen LogP contribution in [-0.2, 0) is 6.42 Å². The van der Waals surface area contributed by atoms with Gasteiger partial charge in [-0.05, 0) is 62.2 Å². The quantitative estimate of drug-likeness (QED) is 0.505. The van der Waals surface area contributed by atoms with Gasteiger partial charge < -0.3 is 4.90 Å². The summed E-state index contributed by atoms with van der Waals surface area (Å²) in [6.07, 6.45) is 2.28. The Balaban J connectivity index is 2.09. The Morgan fingerprint density at radius 3 is 1.71 bits per heavy atom. The Kier molecular flexibility index (Phi) is 5.00. The highest BCUT2D eigenvalue weighted by Crippen LogP contribution is 2.35. The predicted octanol–water partition coefficient (Wildman–Crippen LogP) is 6.73. The van der Waals surface area contributed by atoms with Crippen LogP contribution in [0, 0.1) is 13.8 Å². The third kappa shape index (κ3) is 3.68. The lowest BCUT2D eigenvalue weighted by Crippen LogP contribution is -2.10. The van der Waals surface area contributed by atoms with Crippen molar-refractivity contribution in [3.8, 4) is 0 Å². The normalized spacial score (nSPS) is 10.6. The summed E-state index contributed by atoms with van der Waals surface area (Å²) in [6, 6.07) is 26.4. The van der Waals surface area contributed by atoms with Gasteiger partial charge in [0.1, 0.15) is 0 Å². The first-order chi connectivity index (χ1) is 11.7. The van der Waals surface area contributed by atoms with E-state index in [0.29, 0.717) is 0 Å². The maximum Gasteiger partial charge on any atom is 0.0464 e. The summed E-state index contributed by atoms with van der Waals surface area (Å²) in [5.74, 6) is 0. The lowest BCUT2D eigenvalue weighted by atomic mass is 10.1. The molecule has 0 aliphatic rings. The van der Waals surface area contributed by atoms with Gasteiger partial charge in [0.15, 0.2) is 0 Å². The van der Waals surface area contributed by atoms with Gasteiger partial charge in [0, 0.05) is 17.1 Å². The maximum atomic E-state index is 2.33. The Morgan fingerprint density at radius 2 is 1.21 bits per heavy atom. The van der Waals surface area contributed by atoms with Crippen molar-refractivity contribution in [2.45, 2.75) is 33.6 Å². The zero-order valence-electron chi connectivity index (χ0n) is 14.8. The molecule has 1 nitrogen and oxygen atoms in total. The molecule has 0 radical (unpaired) electrons. The minimum Gasteiger partial charge on any atom is -0.310 e. The number of anilines is 3. The van der Waals surface area contributed by atoms with Gasteiger partial charge in [-0.15, -0.1) is 0 Å². The third-order valence-corrected chi connectivity index (χ3v) is 4.29. The van der Waals surface area contributed by atoms with Gasteiger partial charge in [-0.3, -0.25) is 0 Å². The molecule has 0 unspecified atom stereocenters. The highest BCUT2D eigenvalue weighted by atomic mass is 15.1. The lowest BCUT2D eigenvalue weighted by Gasteiger charge is -2.26. The van der Waals surface area contributed by atoms with Gasteiger partial charge in [0.05, 0.1) is 0 Å². The second-order valence-corrected chi connectivity index (χ2v) is 6.43. The average molecular weight is 315 g/mol. The van der Waals surface area contributed by atoms with E-state index in [9.17, 15) is 0 Å². The van der Waals surface area contributed by atoms with Crippen LogP contribution in [0.5, 0.6) is 0 Å². The molecule has 3 aromatic carbocycles. The molecule has 24 heavy (non-hydrogen) atoms. The molecule has 3 aromatic rings. The van der Waals surface area contributed by atoms with Gasteiger partial charge in [-0.1, -0.05) is 60.9 Å². The van der Waals surface area contributed by atoms with E-state index in [1.165, 1.54) is 40.2 Å². The zero-order chi connectivity index (χ0) is 16.9. The van der Waals surface area contributed by atoms with Crippen LogP contribution in [0.15, 0.2) is 72.8 Å². The molecule has 0 saturated carbocycles. The Labute approximate surface area is 145 Å². The molecule has 0 aliphatic heterocycles. The molecule has 0 saturated heterocycles. The molecule has 0 aliphatic carbocycles. The number of hydrogen-bond donors (Lipinski definition) is 0. The van der Waals surface area contributed by atoms with Gasteiger partial charge >= 0.3 is 0 Å². The van der Waals surface area contributed by atoms with E-state index in [1.807, 2.05) is 0 Å². The summed E-state index contributed by atoms with van der Waals surface area (Å²) in [4.78, 5) is 2.33. The van der Waals surface area contributed by atoms with Gasteiger partial charge in [-0.2, -0.15) is 0 Å². The highest BCUT2D eigenvalue weighted by molar-refractivity contribution is 5.76. The first-order valence-corrected chi connectivity index (χ1v) is 8.70. The molecular formula is C23H25N. The molecule has 122 valence electrons. The summed E-state index contributed by atoms with van der Waals surface area (Å²) in [7, 11) is 0. The minimum atomic E-state index is 1.11. The molecular weight excluding hydrogens is 290 g/mol. The first kappa shape index (κ1) is 16.3. The maximum absolute atomic E-state index is 2.33. The van der Waals surface area contributed by atoms with Crippen LogP contribution in [0.2, 0.25) is 0 Å². The van der Waals surface area contributed by atoms with Crippen molar-refractivity contribution in [2.24, 2.45) is 0 Å². The summed E-state index contributed by atoms with van der Waals surface area (Å²) in [6.45, 7) is 6.48. The van der Waals surface area contributed by atoms with E-state index in [0.717, 1.165) is 6.42 Å². The molecule has 0 heterocycles. The molecule has 0 spiro atoms. The minimum absolute atomic E-state index is 1.11. The molecule has 0 fully saturated rings. The Hall–Kier alpha value is -2.54. The predicted molar refractivity (Wildman–Crippen MR) is 105 cm³/mol. The number of aryl methyl sites for hydroxylation is 3. The fraction of sp³-hybridized carbons (Fsp3) is 0.217. The largest absolute Gasteiger partial charge is 0.310 e. The van der Waals surface area contributed by atoms with Crippen LogP contribution in [-0.4, -0.2) is 0 Å². The third-order valence-electron chi connectivity index (χ3n) is 4.29. The SMILES string of the molecule is CCCc1cccc(N(c2ccc(C)cc2)c2ccc(C)cc2)c1. The van der Waals surface area contributed by atoms with E-state index in [-0.39, 0.29) is 0 Å². The second kappa shape index (κ2) is 7.35. The molecule has 0 N–H and O–H groups in total. The van der Waals surface area contributed by atoms with E-state index in [1.54, 1.807) is 0 Å². The fourth-order valence-electron chi connectivity index (χ4n) is 2.97. The van der Waals surface area contributed by atoms with Crippen LogP contribution in [0.1, 0.15) is 30.0 Å². The van der Waals surface area contributed by atoms with Crippen molar-refractivity contribution in [1.29, 1.82) is 0 Å². The smallest absolute Gasteiger partial charge is 0.0464 e. The summed E-state index contributed by atoms with van der Waals surface area (Å²) >= 11 is 0. The summed E-state index contributed by atoms with van der Waals surface area (Å²) in [5, 5.41) is 0. The van der Waals surface area contributed by atoms with Crippen molar-refractivity contribution < 1.29 is 0 Å². The molecule has 0 aromatic heterocycles. The lowest BCUT2D eigenvalue weighted by molar-refractivity contribution is 0.921. The van der Waals surface area contributed by atoms with Crippen molar-refractivity contribution in [3.05, 3.63) is 89.5 Å². The van der Waals surface area contributed by atoms with E-state index in [2.05, 4.69) is 98.5 Å². The molecule has 0 amide bonds. The van der Waals surface area contributed by atoms with E-state index < -0.39 is 0 Å². The van der Waals surface area contributed by atoms with Gasteiger partial charge in [0.2, 0.25) is 0 Å². The average Bonchev–Trinajstić information content (AvgIpc) is 2.59.